The number of benzene rings is 1. The summed E-state index contributed by atoms with van der Waals surface area (Å²) in [4.78, 5) is 24.9. The molecule has 0 saturated heterocycles. The Morgan fingerprint density at radius 2 is 1.95 bits per heavy atom. The van der Waals surface area contributed by atoms with Gasteiger partial charge >= 0.3 is 5.97 Å². The maximum Gasteiger partial charge on any atom is 0.307 e. The van der Waals surface area contributed by atoms with E-state index in [0.29, 0.717) is 6.54 Å². The third-order valence-electron chi connectivity index (χ3n) is 3.31. The van der Waals surface area contributed by atoms with E-state index in [-0.39, 0.29) is 18.5 Å². The fraction of sp³-hybridized carbons (Fsp3) is 0.500. The fourth-order valence-electron chi connectivity index (χ4n) is 2.00. The molecule has 0 aromatic heterocycles. The number of nitrogens with one attached hydrogen (secondary N) is 1. The largest absolute Gasteiger partial charge is 0.481 e. The molecule has 5 nitrogen and oxygen atoms in total. The number of carbonyl (C=O) groups excluding carboxylic acids is 1. The molecule has 1 aromatic rings. The molecule has 0 aliphatic carbocycles. The standard InChI is InChI=1S/C16H24N2O3/c1-11(2)18(9-13(4)16(20)21)10-15(19)17-14-7-5-6-12(3)8-14/h5-8,11,13H,9-10H2,1-4H3,(H,17,19)(H,20,21). The number of carbonyl (C=O) groups is 2. The van der Waals surface area contributed by atoms with Gasteiger partial charge in [-0.25, -0.2) is 0 Å². The molecule has 0 aliphatic rings. The predicted molar refractivity (Wildman–Crippen MR) is 83.3 cm³/mol. The Labute approximate surface area is 126 Å². The zero-order chi connectivity index (χ0) is 16.0. The highest BCUT2D eigenvalue weighted by Crippen LogP contribution is 2.10. The third-order valence-corrected chi connectivity index (χ3v) is 3.31. The summed E-state index contributed by atoms with van der Waals surface area (Å²) in [5.41, 5.74) is 1.84. The number of rotatable bonds is 7. The Morgan fingerprint density at radius 3 is 2.48 bits per heavy atom. The van der Waals surface area contributed by atoms with E-state index in [0.717, 1.165) is 11.3 Å². The monoisotopic (exact) mass is 292 g/mol. The summed E-state index contributed by atoms with van der Waals surface area (Å²) in [5, 5.41) is 11.8. The van der Waals surface area contributed by atoms with Crippen LogP contribution in [0.4, 0.5) is 5.69 Å². The molecule has 1 amide bonds. The van der Waals surface area contributed by atoms with Crippen LogP contribution in [-0.4, -0.2) is 41.0 Å². The van der Waals surface area contributed by atoms with Gasteiger partial charge in [0.15, 0.2) is 0 Å². The third kappa shape index (κ3) is 5.95. The van der Waals surface area contributed by atoms with Gasteiger partial charge in [-0.2, -0.15) is 0 Å². The molecule has 0 spiro atoms. The van der Waals surface area contributed by atoms with Crippen molar-refractivity contribution in [1.29, 1.82) is 0 Å². The van der Waals surface area contributed by atoms with Crippen LogP contribution < -0.4 is 5.32 Å². The molecule has 116 valence electrons. The summed E-state index contributed by atoms with van der Waals surface area (Å²) < 4.78 is 0. The van der Waals surface area contributed by atoms with E-state index in [9.17, 15) is 9.59 Å². The number of carboxylic acids is 1. The Kier molecular flexibility index (Phi) is 6.37. The van der Waals surface area contributed by atoms with E-state index in [2.05, 4.69) is 5.32 Å². The van der Waals surface area contributed by atoms with Crippen molar-refractivity contribution in [3.8, 4) is 0 Å². The van der Waals surface area contributed by atoms with Crippen LogP contribution in [0.15, 0.2) is 24.3 Å². The van der Waals surface area contributed by atoms with Gasteiger partial charge in [0.25, 0.3) is 0 Å². The minimum absolute atomic E-state index is 0.107. The van der Waals surface area contributed by atoms with Crippen molar-refractivity contribution < 1.29 is 14.7 Å². The minimum atomic E-state index is -0.847. The van der Waals surface area contributed by atoms with Gasteiger partial charge < -0.3 is 10.4 Å². The number of hydrogen-bond donors (Lipinski definition) is 2. The van der Waals surface area contributed by atoms with E-state index < -0.39 is 11.9 Å². The maximum atomic E-state index is 12.1. The van der Waals surface area contributed by atoms with Crippen LogP contribution in [-0.2, 0) is 9.59 Å². The normalized spacial score (nSPS) is 12.5. The highest BCUT2D eigenvalue weighted by atomic mass is 16.4. The maximum absolute atomic E-state index is 12.1. The second-order valence-corrected chi connectivity index (χ2v) is 5.68. The van der Waals surface area contributed by atoms with E-state index >= 15 is 0 Å². The Bertz CT molecular complexity index is 500. The van der Waals surface area contributed by atoms with Gasteiger partial charge in [0, 0.05) is 18.3 Å². The first-order valence-corrected chi connectivity index (χ1v) is 7.13. The van der Waals surface area contributed by atoms with Crippen LogP contribution in [0.5, 0.6) is 0 Å². The topological polar surface area (TPSA) is 69.6 Å². The molecule has 1 aromatic carbocycles. The van der Waals surface area contributed by atoms with E-state index in [4.69, 9.17) is 5.11 Å². The number of carboxylic acid groups (broad SMARTS) is 1. The van der Waals surface area contributed by atoms with Crippen LogP contribution in [0.25, 0.3) is 0 Å². The lowest BCUT2D eigenvalue weighted by Gasteiger charge is -2.27. The summed E-state index contributed by atoms with van der Waals surface area (Å²) >= 11 is 0. The van der Waals surface area contributed by atoms with Crippen molar-refractivity contribution in [3.05, 3.63) is 29.8 Å². The van der Waals surface area contributed by atoms with Gasteiger partial charge in [-0.3, -0.25) is 14.5 Å². The van der Waals surface area contributed by atoms with Crippen molar-refractivity contribution in [1.82, 2.24) is 4.90 Å². The molecule has 0 heterocycles. The predicted octanol–water partition coefficient (Wildman–Crippen LogP) is 2.36. The molecular weight excluding hydrogens is 268 g/mol. The van der Waals surface area contributed by atoms with E-state index in [1.165, 1.54) is 0 Å². The Morgan fingerprint density at radius 1 is 1.29 bits per heavy atom. The van der Waals surface area contributed by atoms with Gasteiger partial charge in [-0.1, -0.05) is 19.1 Å². The summed E-state index contributed by atoms with van der Waals surface area (Å²) in [6.07, 6.45) is 0. The van der Waals surface area contributed by atoms with Crippen molar-refractivity contribution in [3.63, 3.8) is 0 Å². The highest BCUT2D eigenvalue weighted by Gasteiger charge is 2.20. The quantitative estimate of drug-likeness (QED) is 0.809. The zero-order valence-corrected chi connectivity index (χ0v) is 13.1. The van der Waals surface area contributed by atoms with Crippen LogP contribution >= 0.6 is 0 Å². The van der Waals surface area contributed by atoms with Gasteiger partial charge in [0.1, 0.15) is 0 Å². The smallest absolute Gasteiger partial charge is 0.307 e. The number of amides is 1. The molecular formula is C16H24N2O3. The van der Waals surface area contributed by atoms with Crippen molar-refractivity contribution in [2.75, 3.05) is 18.4 Å². The second kappa shape index (κ2) is 7.78. The van der Waals surface area contributed by atoms with Crippen LogP contribution in [0.2, 0.25) is 0 Å². The first kappa shape index (κ1) is 17.2. The molecule has 5 heteroatoms. The number of hydrogen-bond acceptors (Lipinski definition) is 3. The Balaban J connectivity index is 2.62. The molecule has 0 radical (unpaired) electrons. The lowest BCUT2D eigenvalue weighted by atomic mass is 10.1. The summed E-state index contributed by atoms with van der Waals surface area (Å²) in [6.45, 7) is 8.06. The number of nitrogens with zero attached hydrogens (tertiary/aromatic N) is 1. The van der Waals surface area contributed by atoms with Crippen LogP contribution in [0.1, 0.15) is 26.3 Å². The SMILES string of the molecule is Cc1cccc(NC(=O)CN(CC(C)C(=O)O)C(C)C)c1. The fourth-order valence-corrected chi connectivity index (χ4v) is 2.00. The van der Waals surface area contributed by atoms with Gasteiger partial charge in [-0.15, -0.1) is 0 Å². The summed E-state index contributed by atoms with van der Waals surface area (Å²) in [6, 6.07) is 7.69. The van der Waals surface area contributed by atoms with Crippen molar-refractivity contribution >= 4 is 17.6 Å². The minimum Gasteiger partial charge on any atom is -0.481 e. The molecule has 0 saturated carbocycles. The molecule has 0 aliphatic heterocycles. The molecule has 1 rings (SSSR count). The lowest BCUT2D eigenvalue weighted by molar-refractivity contribution is -0.142. The average molecular weight is 292 g/mol. The molecule has 0 bridgehead atoms. The zero-order valence-electron chi connectivity index (χ0n) is 13.1. The second-order valence-electron chi connectivity index (χ2n) is 5.68. The van der Waals surface area contributed by atoms with Crippen molar-refractivity contribution in [2.24, 2.45) is 5.92 Å². The van der Waals surface area contributed by atoms with Crippen LogP contribution in [0.3, 0.4) is 0 Å². The van der Waals surface area contributed by atoms with Gasteiger partial charge in [0.05, 0.1) is 12.5 Å². The van der Waals surface area contributed by atoms with Crippen LogP contribution in [0, 0.1) is 12.8 Å². The first-order valence-electron chi connectivity index (χ1n) is 7.13. The van der Waals surface area contributed by atoms with Crippen molar-refractivity contribution in [2.45, 2.75) is 33.7 Å². The van der Waals surface area contributed by atoms with Gasteiger partial charge in [-0.05, 0) is 38.5 Å². The summed E-state index contributed by atoms with van der Waals surface area (Å²) in [5.74, 6) is -1.48. The number of aliphatic carboxylic acids is 1. The first-order chi connectivity index (χ1) is 9.79. The average Bonchev–Trinajstić information content (AvgIpc) is 2.37. The Hall–Kier alpha value is -1.88. The lowest BCUT2D eigenvalue weighted by Crippen LogP contribution is -2.41. The molecule has 1 unspecified atom stereocenters. The van der Waals surface area contributed by atoms with Gasteiger partial charge in [0.2, 0.25) is 5.91 Å². The summed E-state index contributed by atoms with van der Waals surface area (Å²) in [7, 11) is 0. The molecule has 2 N–H and O–H groups in total. The number of aryl methyl sites for hydroxylation is 1. The number of anilines is 1. The molecule has 1 atom stereocenters. The van der Waals surface area contributed by atoms with E-state index in [1.807, 2.05) is 49.9 Å². The highest BCUT2D eigenvalue weighted by molar-refractivity contribution is 5.92. The molecule has 0 fully saturated rings. The molecule has 21 heavy (non-hydrogen) atoms. The van der Waals surface area contributed by atoms with E-state index in [1.54, 1.807) is 6.92 Å².